The van der Waals surface area contributed by atoms with E-state index in [1.54, 1.807) is 11.3 Å². The van der Waals surface area contributed by atoms with Crippen molar-refractivity contribution in [1.29, 1.82) is 0 Å². The van der Waals surface area contributed by atoms with Gasteiger partial charge in [0, 0.05) is 10.6 Å². The van der Waals surface area contributed by atoms with Gasteiger partial charge in [0.2, 0.25) is 0 Å². The standard InChI is InChI=1S/C13H13NOS/c14-10-4-6-11-9(8-10)3-5-12(15-11)13-2-1-7-16-13/h1-2,4,6-8,12H,3,5,14H2. The van der Waals surface area contributed by atoms with E-state index in [1.165, 1.54) is 10.4 Å². The van der Waals surface area contributed by atoms with Crippen LogP contribution < -0.4 is 10.5 Å². The van der Waals surface area contributed by atoms with Crippen LogP contribution in [0.4, 0.5) is 5.69 Å². The van der Waals surface area contributed by atoms with E-state index in [-0.39, 0.29) is 6.10 Å². The van der Waals surface area contributed by atoms with Gasteiger partial charge in [-0.15, -0.1) is 11.3 Å². The van der Waals surface area contributed by atoms with E-state index in [1.807, 2.05) is 18.2 Å². The molecule has 3 rings (SSSR count). The van der Waals surface area contributed by atoms with Gasteiger partial charge in [0.1, 0.15) is 11.9 Å². The molecule has 1 aliphatic heterocycles. The molecule has 1 aromatic carbocycles. The lowest BCUT2D eigenvalue weighted by atomic mass is 10.0. The highest BCUT2D eigenvalue weighted by molar-refractivity contribution is 7.10. The van der Waals surface area contributed by atoms with Gasteiger partial charge >= 0.3 is 0 Å². The maximum Gasteiger partial charge on any atom is 0.133 e. The number of hydrogen-bond acceptors (Lipinski definition) is 3. The maximum atomic E-state index is 5.99. The Kier molecular flexibility index (Phi) is 2.33. The van der Waals surface area contributed by atoms with Gasteiger partial charge in [-0.25, -0.2) is 0 Å². The van der Waals surface area contributed by atoms with Crippen LogP contribution in [0, 0.1) is 0 Å². The normalized spacial score (nSPS) is 18.9. The molecule has 16 heavy (non-hydrogen) atoms. The van der Waals surface area contributed by atoms with Crippen molar-refractivity contribution < 1.29 is 4.74 Å². The summed E-state index contributed by atoms with van der Waals surface area (Å²) < 4.78 is 5.99. The first-order valence-electron chi connectivity index (χ1n) is 5.41. The zero-order valence-electron chi connectivity index (χ0n) is 8.85. The Balaban J connectivity index is 1.89. The molecule has 0 amide bonds. The van der Waals surface area contributed by atoms with Gasteiger partial charge in [0.25, 0.3) is 0 Å². The van der Waals surface area contributed by atoms with Crippen LogP contribution in [0.25, 0.3) is 0 Å². The fourth-order valence-electron chi connectivity index (χ4n) is 2.08. The van der Waals surface area contributed by atoms with E-state index in [2.05, 4.69) is 17.5 Å². The van der Waals surface area contributed by atoms with E-state index < -0.39 is 0 Å². The monoisotopic (exact) mass is 231 g/mol. The lowest BCUT2D eigenvalue weighted by Crippen LogP contribution is -2.14. The summed E-state index contributed by atoms with van der Waals surface area (Å²) in [5.74, 6) is 0.985. The number of nitrogen functional groups attached to an aromatic ring is 1. The SMILES string of the molecule is Nc1ccc2c(c1)CCC(c1cccs1)O2. The molecule has 0 saturated heterocycles. The minimum atomic E-state index is 0.219. The van der Waals surface area contributed by atoms with Gasteiger partial charge in [0.05, 0.1) is 0 Å². The molecule has 1 aliphatic rings. The number of fused-ring (bicyclic) bond motifs is 1. The van der Waals surface area contributed by atoms with Gasteiger partial charge in [-0.3, -0.25) is 0 Å². The molecule has 3 heteroatoms. The highest BCUT2D eigenvalue weighted by Gasteiger charge is 2.21. The van der Waals surface area contributed by atoms with Crippen LogP contribution in [0.5, 0.6) is 5.75 Å². The first-order valence-corrected chi connectivity index (χ1v) is 6.29. The lowest BCUT2D eigenvalue weighted by Gasteiger charge is -2.25. The number of rotatable bonds is 1. The van der Waals surface area contributed by atoms with Crippen molar-refractivity contribution in [2.45, 2.75) is 18.9 Å². The smallest absolute Gasteiger partial charge is 0.133 e. The van der Waals surface area contributed by atoms with E-state index in [0.717, 1.165) is 24.3 Å². The van der Waals surface area contributed by atoms with Crippen LogP contribution >= 0.6 is 11.3 Å². The molecule has 0 radical (unpaired) electrons. The Bertz CT molecular complexity index is 493. The Hall–Kier alpha value is -1.48. The molecule has 0 bridgehead atoms. The van der Waals surface area contributed by atoms with E-state index in [9.17, 15) is 0 Å². The summed E-state index contributed by atoms with van der Waals surface area (Å²) >= 11 is 1.76. The minimum absolute atomic E-state index is 0.219. The molecule has 1 atom stereocenters. The number of nitrogens with two attached hydrogens (primary N) is 1. The third-order valence-corrected chi connectivity index (χ3v) is 3.85. The Morgan fingerprint density at radius 2 is 2.25 bits per heavy atom. The molecular weight excluding hydrogens is 218 g/mol. The predicted molar refractivity (Wildman–Crippen MR) is 66.9 cm³/mol. The molecular formula is C13H13NOS. The van der Waals surface area contributed by atoms with Gasteiger partial charge < -0.3 is 10.5 Å². The van der Waals surface area contributed by atoms with Crippen LogP contribution in [0.1, 0.15) is 23.0 Å². The van der Waals surface area contributed by atoms with Crippen molar-refractivity contribution in [1.82, 2.24) is 0 Å². The molecule has 2 nitrogen and oxygen atoms in total. The molecule has 0 saturated carbocycles. The van der Waals surface area contributed by atoms with Crippen LogP contribution in [-0.2, 0) is 6.42 Å². The Labute approximate surface area is 98.7 Å². The summed E-state index contributed by atoms with van der Waals surface area (Å²) in [7, 11) is 0. The fraction of sp³-hybridized carbons (Fsp3) is 0.231. The summed E-state index contributed by atoms with van der Waals surface area (Å²) in [6.07, 6.45) is 2.30. The minimum Gasteiger partial charge on any atom is -0.485 e. The number of ether oxygens (including phenoxy) is 1. The van der Waals surface area contributed by atoms with Crippen molar-refractivity contribution in [3.63, 3.8) is 0 Å². The molecule has 0 spiro atoms. The molecule has 0 fully saturated rings. The number of hydrogen-bond donors (Lipinski definition) is 1. The van der Waals surface area contributed by atoms with Crippen LogP contribution in [0.3, 0.4) is 0 Å². The van der Waals surface area contributed by atoms with Gasteiger partial charge in [-0.05, 0) is 48.1 Å². The van der Waals surface area contributed by atoms with E-state index >= 15 is 0 Å². The average molecular weight is 231 g/mol. The first-order chi connectivity index (χ1) is 7.83. The van der Waals surface area contributed by atoms with Crippen LogP contribution in [-0.4, -0.2) is 0 Å². The van der Waals surface area contributed by atoms with E-state index in [0.29, 0.717) is 0 Å². The summed E-state index contributed by atoms with van der Waals surface area (Å²) in [4.78, 5) is 1.31. The van der Waals surface area contributed by atoms with Crippen molar-refractivity contribution in [3.8, 4) is 5.75 Å². The second-order valence-electron chi connectivity index (χ2n) is 4.03. The number of anilines is 1. The highest BCUT2D eigenvalue weighted by Crippen LogP contribution is 2.37. The predicted octanol–water partition coefficient (Wildman–Crippen LogP) is 3.40. The molecule has 1 unspecified atom stereocenters. The zero-order valence-corrected chi connectivity index (χ0v) is 9.67. The van der Waals surface area contributed by atoms with Crippen LogP contribution in [0.2, 0.25) is 0 Å². The summed E-state index contributed by atoms with van der Waals surface area (Å²) in [5, 5.41) is 2.09. The fourth-order valence-corrected chi connectivity index (χ4v) is 2.87. The molecule has 1 aromatic heterocycles. The topological polar surface area (TPSA) is 35.2 Å². The van der Waals surface area contributed by atoms with Crippen LogP contribution in [0.15, 0.2) is 35.7 Å². The van der Waals surface area contributed by atoms with Crippen molar-refractivity contribution in [3.05, 3.63) is 46.2 Å². The first kappa shape index (κ1) is 9.73. The Morgan fingerprint density at radius 1 is 1.31 bits per heavy atom. The highest BCUT2D eigenvalue weighted by atomic mass is 32.1. The summed E-state index contributed by atoms with van der Waals surface area (Å²) in [6, 6.07) is 10.1. The number of thiophene rings is 1. The largest absolute Gasteiger partial charge is 0.485 e. The second-order valence-corrected chi connectivity index (χ2v) is 5.01. The van der Waals surface area contributed by atoms with Gasteiger partial charge in [-0.1, -0.05) is 6.07 Å². The summed E-state index contributed by atoms with van der Waals surface area (Å²) in [5.41, 5.74) is 7.80. The molecule has 0 aliphatic carbocycles. The average Bonchev–Trinajstić information content (AvgIpc) is 2.82. The second kappa shape index (κ2) is 3.83. The zero-order chi connectivity index (χ0) is 11.0. The van der Waals surface area contributed by atoms with Crippen molar-refractivity contribution >= 4 is 17.0 Å². The number of aryl methyl sites for hydroxylation is 1. The lowest BCUT2D eigenvalue weighted by molar-refractivity contribution is 0.180. The molecule has 2 aromatic rings. The molecule has 82 valence electrons. The molecule has 2 heterocycles. The molecule has 2 N–H and O–H groups in total. The quantitative estimate of drug-likeness (QED) is 0.763. The van der Waals surface area contributed by atoms with Gasteiger partial charge in [0.15, 0.2) is 0 Å². The maximum absolute atomic E-state index is 5.99. The third kappa shape index (κ3) is 1.67. The Morgan fingerprint density at radius 3 is 3.06 bits per heavy atom. The third-order valence-electron chi connectivity index (χ3n) is 2.89. The van der Waals surface area contributed by atoms with E-state index in [4.69, 9.17) is 10.5 Å². The van der Waals surface area contributed by atoms with Crippen molar-refractivity contribution in [2.24, 2.45) is 0 Å². The van der Waals surface area contributed by atoms with Crippen molar-refractivity contribution in [2.75, 3.05) is 5.73 Å². The summed E-state index contributed by atoms with van der Waals surface area (Å²) in [6.45, 7) is 0. The van der Waals surface area contributed by atoms with Gasteiger partial charge in [-0.2, -0.15) is 0 Å². The number of benzene rings is 1.